The van der Waals surface area contributed by atoms with Crippen molar-refractivity contribution in [1.29, 1.82) is 0 Å². The first kappa shape index (κ1) is 20.7. The van der Waals surface area contributed by atoms with Crippen LogP contribution in [0.1, 0.15) is 31.2 Å². The molecule has 0 spiro atoms. The Morgan fingerprint density at radius 2 is 1.96 bits per heavy atom. The van der Waals surface area contributed by atoms with Crippen LogP contribution in [-0.4, -0.2) is 89.0 Å². The lowest BCUT2D eigenvalue weighted by Gasteiger charge is -2.46. The van der Waals surface area contributed by atoms with E-state index in [4.69, 9.17) is 5.11 Å². The van der Waals surface area contributed by atoms with Gasteiger partial charge < -0.3 is 14.9 Å². The molecule has 28 heavy (non-hydrogen) atoms. The maximum Gasteiger partial charge on any atom is 0.303 e. The Hall–Kier alpha value is -1.99. The average Bonchev–Trinajstić information content (AvgIpc) is 2.71. The topological polar surface area (TPSA) is 77.0 Å². The number of pyridine rings is 1. The fraction of sp³-hybridized carbons (Fsp3) is 0.667. The standard InChI is InChI=1S/C21H32N4O3/c1-23-11-13-24(14-12-23)19-8-10-25(16-18(19)5-7-21(27)28)20(26)6-4-17-3-2-9-22-15-17/h2-3,9,15,18-19H,4-8,10-14,16H2,1H3,(H,27,28)/t18-,19+/m0/s1. The first-order chi connectivity index (χ1) is 13.5. The molecule has 3 rings (SSSR count). The van der Waals surface area contributed by atoms with Gasteiger partial charge in [0, 0.05) is 70.5 Å². The van der Waals surface area contributed by atoms with Crippen molar-refractivity contribution in [3.63, 3.8) is 0 Å². The number of carbonyl (C=O) groups excluding carboxylic acids is 1. The van der Waals surface area contributed by atoms with E-state index in [1.54, 1.807) is 6.20 Å². The zero-order valence-electron chi connectivity index (χ0n) is 16.8. The van der Waals surface area contributed by atoms with Gasteiger partial charge in [0.2, 0.25) is 5.91 Å². The number of rotatable bonds is 7. The fourth-order valence-electron chi connectivity index (χ4n) is 4.43. The van der Waals surface area contributed by atoms with Crippen LogP contribution in [0.25, 0.3) is 0 Å². The van der Waals surface area contributed by atoms with Gasteiger partial charge in [-0.2, -0.15) is 0 Å². The number of aliphatic carboxylic acids is 1. The summed E-state index contributed by atoms with van der Waals surface area (Å²) in [5, 5.41) is 9.15. The lowest BCUT2D eigenvalue weighted by molar-refractivity contribution is -0.138. The maximum atomic E-state index is 12.7. The zero-order valence-corrected chi connectivity index (χ0v) is 16.8. The molecule has 2 aliphatic heterocycles. The number of carboxylic acids is 1. The van der Waals surface area contributed by atoms with Gasteiger partial charge in [0.05, 0.1) is 0 Å². The third-order valence-electron chi connectivity index (χ3n) is 6.13. The monoisotopic (exact) mass is 388 g/mol. The van der Waals surface area contributed by atoms with Crippen LogP contribution in [-0.2, 0) is 16.0 Å². The lowest BCUT2D eigenvalue weighted by atomic mass is 9.86. The summed E-state index contributed by atoms with van der Waals surface area (Å²) in [5.41, 5.74) is 1.07. The second-order valence-electron chi connectivity index (χ2n) is 8.09. The van der Waals surface area contributed by atoms with E-state index in [0.717, 1.165) is 44.7 Å². The maximum absolute atomic E-state index is 12.7. The Balaban J connectivity index is 1.57. The Labute approximate surface area is 167 Å². The van der Waals surface area contributed by atoms with Gasteiger partial charge in [-0.05, 0) is 43.9 Å². The number of carboxylic acid groups (broad SMARTS) is 1. The number of hydrogen-bond donors (Lipinski definition) is 1. The molecule has 2 aliphatic rings. The van der Waals surface area contributed by atoms with Gasteiger partial charge in [-0.3, -0.25) is 19.5 Å². The van der Waals surface area contributed by atoms with E-state index < -0.39 is 5.97 Å². The average molecular weight is 389 g/mol. The molecule has 0 aromatic carbocycles. The summed E-state index contributed by atoms with van der Waals surface area (Å²) in [4.78, 5) is 34.8. The molecule has 3 heterocycles. The van der Waals surface area contributed by atoms with Crippen molar-refractivity contribution < 1.29 is 14.7 Å². The first-order valence-corrected chi connectivity index (χ1v) is 10.3. The molecule has 2 fully saturated rings. The summed E-state index contributed by atoms with van der Waals surface area (Å²) in [7, 11) is 2.14. The predicted octanol–water partition coefficient (Wildman–Crippen LogP) is 1.34. The Morgan fingerprint density at radius 3 is 2.64 bits per heavy atom. The minimum absolute atomic E-state index is 0.168. The van der Waals surface area contributed by atoms with Crippen LogP contribution in [0.3, 0.4) is 0 Å². The minimum Gasteiger partial charge on any atom is -0.481 e. The van der Waals surface area contributed by atoms with Crippen LogP contribution >= 0.6 is 0 Å². The van der Waals surface area contributed by atoms with E-state index in [0.29, 0.717) is 31.8 Å². The zero-order chi connectivity index (χ0) is 19.9. The summed E-state index contributed by atoms with van der Waals surface area (Å²) >= 11 is 0. The number of aromatic nitrogens is 1. The van der Waals surface area contributed by atoms with Crippen LogP contribution in [0, 0.1) is 5.92 Å². The third-order valence-corrected chi connectivity index (χ3v) is 6.13. The van der Waals surface area contributed by atoms with Crippen molar-refractivity contribution in [2.75, 3.05) is 46.3 Å². The van der Waals surface area contributed by atoms with Crippen molar-refractivity contribution >= 4 is 11.9 Å². The van der Waals surface area contributed by atoms with Crippen LogP contribution in [0.2, 0.25) is 0 Å². The number of nitrogens with zero attached hydrogens (tertiary/aromatic N) is 4. The third kappa shape index (κ3) is 5.75. The van der Waals surface area contributed by atoms with E-state index in [1.807, 2.05) is 23.2 Å². The van der Waals surface area contributed by atoms with Gasteiger partial charge in [0.25, 0.3) is 0 Å². The van der Waals surface area contributed by atoms with Crippen LogP contribution in [0.4, 0.5) is 0 Å². The minimum atomic E-state index is -0.753. The van der Waals surface area contributed by atoms with Crippen LogP contribution in [0.5, 0.6) is 0 Å². The highest BCUT2D eigenvalue weighted by molar-refractivity contribution is 5.76. The largest absolute Gasteiger partial charge is 0.481 e. The molecule has 0 saturated carbocycles. The predicted molar refractivity (Wildman–Crippen MR) is 107 cm³/mol. The number of likely N-dealkylation sites (N-methyl/N-ethyl adjacent to an activating group) is 1. The number of amides is 1. The summed E-state index contributed by atoms with van der Waals surface area (Å²) in [5.74, 6) is -0.353. The van der Waals surface area contributed by atoms with Crippen molar-refractivity contribution in [2.45, 2.75) is 38.1 Å². The van der Waals surface area contributed by atoms with Gasteiger partial charge in [-0.25, -0.2) is 0 Å². The molecule has 0 radical (unpaired) electrons. The van der Waals surface area contributed by atoms with Crippen molar-refractivity contribution in [3.05, 3.63) is 30.1 Å². The molecule has 0 bridgehead atoms. The Kier molecular flexibility index (Phi) is 7.39. The fourth-order valence-corrected chi connectivity index (χ4v) is 4.43. The number of piperidine rings is 1. The van der Waals surface area contributed by atoms with Gasteiger partial charge in [-0.1, -0.05) is 6.07 Å². The molecule has 1 aromatic rings. The molecule has 0 aliphatic carbocycles. The first-order valence-electron chi connectivity index (χ1n) is 10.3. The van der Waals surface area contributed by atoms with Gasteiger partial charge in [0.15, 0.2) is 0 Å². The number of carbonyl (C=O) groups is 2. The normalized spacial score (nSPS) is 24.2. The van der Waals surface area contributed by atoms with E-state index in [1.165, 1.54) is 0 Å². The van der Waals surface area contributed by atoms with E-state index in [-0.39, 0.29) is 18.2 Å². The molecule has 1 N–H and O–H groups in total. The molecule has 2 saturated heterocycles. The van der Waals surface area contributed by atoms with E-state index in [2.05, 4.69) is 21.8 Å². The molecular weight excluding hydrogens is 356 g/mol. The number of hydrogen-bond acceptors (Lipinski definition) is 5. The molecule has 0 unspecified atom stereocenters. The van der Waals surface area contributed by atoms with Gasteiger partial charge >= 0.3 is 5.97 Å². The smallest absolute Gasteiger partial charge is 0.303 e. The van der Waals surface area contributed by atoms with E-state index >= 15 is 0 Å². The lowest BCUT2D eigenvalue weighted by Crippen LogP contribution is -2.57. The molecule has 7 heteroatoms. The van der Waals surface area contributed by atoms with Crippen molar-refractivity contribution in [1.82, 2.24) is 19.7 Å². The molecule has 2 atom stereocenters. The SMILES string of the molecule is CN1CCN([C@@H]2CCN(C(=O)CCc3cccnc3)C[C@@H]2CCC(=O)O)CC1. The summed E-state index contributed by atoms with van der Waals surface area (Å²) < 4.78 is 0. The summed E-state index contributed by atoms with van der Waals surface area (Å²) in [6, 6.07) is 4.27. The van der Waals surface area contributed by atoms with Gasteiger partial charge in [0.1, 0.15) is 0 Å². The Morgan fingerprint density at radius 1 is 1.18 bits per heavy atom. The second-order valence-corrected chi connectivity index (χ2v) is 8.09. The molecule has 1 aromatic heterocycles. The van der Waals surface area contributed by atoms with Crippen molar-refractivity contribution in [2.24, 2.45) is 5.92 Å². The molecule has 1 amide bonds. The second kappa shape index (κ2) is 9.98. The summed E-state index contributed by atoms with van der Waals surface area (Å²) in [6.07, 6.45) is 6.48. The number of likely N-dealkylation sites (tertiary alicyclic amines) is 1. The highest BCUT2D eigenvalue weighted by Crippen LogP contribution is 2.27. The highest BCUT2D eigenvalue weighted by Gasteiger charge is 2.35. The molecule has 154 valence electrons. The van der Waals surface area contributed by atoms with E-state index in [9.17, 15) is 9.59 Å². The number of aryl methyl sites for hydroxylation is 1. The van der Waals surface area contributed by atoms with Crippen LogP contribution in [0.15, 0.2) is 24.5 Å². The van der Waals surface area contributed by atoms with Crippen molar-refractivity contribution in [3.8, 4) is 0 Å². The molecule has 7 nitrogen and oxygen atoms in total. The molecular formula is C21H32N4O3. The summed E-state index contributed by atoms with van der Waals surface area (Å²) in [6.45, 7) is 5.60. The van der Waals surface area contributed by atoms with Gasteiger partial charge in [-0.15, -0.1) is 0 Å². The van der Waals surface area contributed by atoms with Crippen LogP contribution < -0.4 is 0 Å². The Bertz CT molecular complexity index is 646. The number of piperazine rings is 1. The quantitative estimate of drug-likeness (QED) is 0.760. The highest BCUT2D eigenvalue weighted by atomic mass is 16.4.